The van der Waals surface area contributed by atoms with E-state index in [4.69, 9.17) is 5.26 Å². The van der Waals surface area contributed by atoms with Crippen LogP contribution in [0.1, 0.15) is 16.7 Å². The molecule has 0 aliphatic rings. The number of aromatic amines is 1. The largest absolute Gasteiger partial charge is 0.338 e. The molecule has 0 aliphatic heterocycles. The molecule has 0 aliphatic carbocycles. The molecule has 1 aromatic carbocycles. The minimum absolute atomic E-state index is 0.0874. The number of hydrogen-bond donors (Lipinski definition) is 1. The van der Waals surface area contributed by atoms with Crippen LogP contribution < -0.4 is 0 Å². The minimum Gasteiger partial charge on any atom is -0.338 e. The summed E-state index contributed by atoms with van der Waals surface area (Å²) < 4.78 is 0. The molecule has 5 nitrogen and oxygen atoms in total. The zero-order valence-electron chi connectivity index (χ0n) is 11.1. The third-order valence-corrected chi connectivity index (χ3v) is 2.81. The van der Waals surface area contributed by atoms with Crippen LogP contribution in [0.25, 0.3) is 6.08 Å². The summed E-state index contributed by atoms with van der Waals surface area (Å²) in [6, 6.07) is 9.10. The van der Waals surface area contributed by atoms with Crippen molar-refractivity contribution in [2.75, 3.05) is 7.05 Å². The van der Waals surface area contributed by atoms with E-state index in [1.165, 1.54) is 6.08 Å². The lowest BCUT2D eigenvalue weighted by molar-refractivity contribution is -0.125. The van der Waals surface area contributed by atoms with Crippen LogP contribution in [-0.2, 0) is 11.3 Å². The number of aromatic nitrogens is 2. The molecule has 2 rings (SSSR count). The SMILES string of the molecule is CN(Cc1cn[nH]c1)C(=O)C=Cc1ccc(C#N)cc1. The Labute approximate surface area is 117 Å². The summed E-state index contributed by atoms with van der Waals surface area (Å²) in [6.07, 6.45) is 6.69. The molecule has 1 N–H and O–H groups in total. The van der Waals surface area contributed by atoms with Crippen molar-refractivity contribution in [1.82, 2.24) is 15.1 Å². The fourth-order valence-electron chi connectivity index (χ4n) is 1.68. The van der Waals surface area contributed by atoms with E-state index < -0.39 is 0 Å². The van der Waals surface area contributed by atoms with Crippen molar-refractivity contribution in [3.63, 3.8) is 0 Å². The maximum atomic E-state index is 11.9. The highest BCUT2D eigenvalue weighted by atomic mass is 16.2. The number of rotatable bonds is 4. The lowest BCUT2D eigenvalue weighted by Gasteiger charge is -2.13. The number of carbonyl (C=O) groups is 1. The molecule has 1 aromatic heterocycles. The minimum atomic E-state index is -0.0874. The predicted molar refractivity (Wildman–Crippen MR) is 75.3 cm³/mol. The van der Waals surface area contributed by atoms with E-state index in [0.29, 0.717) is 12.1 Å². The second-order valence-corrected chi connectivity index (χ2v) is 4.37. The first kappa shape index (κ1) is 13.6. The Morgan fingerprint density at radius 1 is 1.45 bits per heavy atom. The summed E-state index contributed by atoms with van der Waals surface area (Å²) >= 11 is 0. The maximum Gasteiger partial charge on any atom is 0.246 e. The molecule has 100 valence electrons. The van der Waals surface area contributed by atoms with Gasteiger partial charge in [0.1, 0.15) is 0 Å². The molecular weight excluding hydrogens is 252 g/mol. The Morgan fingerprint density at radius 2 is 2.20 bits per heavy atom. The monoisotopic (exact) mass is 266 g/mol. The van der Waals surface area contributed by atoms with Gasteiger partial charge >= 0.3 is 0 Å². The Bertz CT molecular complexity index is 636. The number of carbonyl (C=O) groups excluding carboxylic acids is 1. The lowest BCUT2D eigenvalue weighted by Crippen LogP contribution is -2.23. The van der Waals surface area contributed by atoms with Crippen molar-refractivity contribution in [3.05, 3.63) is 59.4 Å². The first-order valence-corrected chi connectivity index (χ1v) is 6.10. The van der Waals surface area contributed by atoms with Crippen molar-refractivity contribution in [2.24, 2.45) is 0 Å². The normalized spacial score (nSPS) is 10.4. The lowest BCUT2D eigenvalue weighted by atomic mass is 10.1. The number of H-pyrrole nitrogens is 1. The van der Waals surface area contributed by atoms with Gasteiger partial charge in [-0.15, -0.1) is 0 Å². The first-order chi connectivity index (χ1) is 9.69. The molecule has 0 saturated heterocycles. The maximum absolute atomic E-state index is 11.9. The van der Waals surface area contributed by atoms with Crippen LogP contribution >= 0.6 is 0 Å². The molecule has 0 spiro atoms. The summed E-state index contributed by atoms with van der Waals surface area (Å²) in [5.74, 6) is -0.0874. The smallest absolute Gasteiger partial charge is 0.246 e. The Kier molecular flexibility index (Phi) is 4.30. The van der Waals surface area contributed by atoms with Gasteiger partial charge in [-0.2, -0.15) is 10.4 Å². The van der Waals surface area contributed by atoms with Crippen molar-refractivity contribution in [1.29, 1.82) is 5.26 Å². The molecule has 0 radical (unpaired) electrons. The van der Waals surface area contributed by atoms with Gasteiger partial charge in [0.2, 0.25) is 5.91 Å². The number of nitrogens with zero attached hydrogens (tertiary/aromatic N) is 3. The van der Waals surface area contributed by atoms with Gasteiger partial charge in [-0.25, -0.2) is 0 Å². The Morgan fingerprint density at radius 3 is 2.80 bits per heavy atom. The Hall–Kier alpha value is -2.87. The van der Waals surface area contributed by atoms with Gasteiger partial charge < -0.3 is 4.90 Å². The van der Waals surface area contributed by atoms with E-state index in [0.717, 1.165) is 11.1 Å². The zero-order chi connectivity index (χ0) is 14.4. The predicted octanol–water partition coefficient (Wildman–Crippen LogP) is 1.95. The number of amides is 1. The highest BCUT2D eigenvalue weighted by Gasteiger charge is 2.06. The number of hydrogen-bond acceptors (Lipinski definition) is 3. The van der Waals surface area contributed by atoms with E-state index in [1.54, 1.807) is 54.7 Å². The molecule has 1 heterocycles. The fraction of sp³-hybridized carbons (Fsp3) is 0.133. The molecule has 0 fully saturated rings. The second kappa shape index (κ2) is 6.34. The zero-order valence-corrected chi connectivity index (χ0v) is 11.1. The molecule has 0 atom stereocenters. The average molecular weight is 266 g/mol. The summed E-state index contributed by atoms with van der Waals surface area (Å²) in [5.41, 5.74) is 2.44. The number of nitrogens with one attached hydrogen (secondary N) is 1. The summed E-state index contributed by atoms with van der Waals surface area (Å²) in [7, 11) is 1.73. The summed E-state index contributed by atoms with van der Waals surface area (Å²) in [6.45, 7) is 0.507. The van der Waals surface area contributed by atoms with Crippen LogP contribution in [0.2, 0.25) is 0 Å². The summed E-state index contributed by atoms with van der Waals surface area (Å²) in [4.78, 5) is 13.5. The molecule has 0 saturated carbocycles. The third kappa shape index (κ3) is 3.56. The molecule has 20 heavy (non-hydrogen) atoms. The van der Waals surface area contributed by atoms with Crippen molar-refractivity contribution in [2.45, 2.75) is 6.54 Å². The highest BCUT2D eigenvalue weighted by molar-refractivity contribution is 5.91. The van der Waals surface area contributed by atoms with E-state index >= 15 is 0 Å². The van der Waals surface area contributed by atoms with Crippen LogP contribution in [0.3, 0.4) is 0 Å². The van der Waals surface area contributed by atoms with Crippen LogP contribution in [0.15, 0.2) is 42.7 Å². The van der Waals surface area contributed by atoms with Gasteiger partial charge in [-0.1, -0.05) is 12.1 Å². The average Bonchev–Trinajstić information content (AvgIpc) is 2.98. The van der Waals surface area contributed by atoms with Gasteiger partial charge in [-0.3, -0.25) is 9.89 Å². The number of nitriles is 1. The van der Waals surface area contributed by atoms with E-state index in [2.05, 4.69) is 16.3 Å². The standard InChI is InChI=1S/C15H14N4O/c1-19(11-14-9-17-18-10-14)15(20)7-6-12-2-4-13(8-16)5-3-12/h2-7,9-10H,11H2,1H3,(H,17,18). The van der Waals surface area contributed by atoms with E-state index in [1.807, 2.05) is 0 Å². The van der Waals surface area contributed by atoms with Crippen LogP contribution in [0.5, 0.6) is 0 Å². The Balaban J connectivity index is 1.95. The van der Waals surface area contributed by atoms with Crippen LogP contribution in [0.4, 0.5) is 0 Å². The van der Waals surface area contributed by atoms with Crippen molar-refractivity contribution >= 4 is 12.0 Å². The van der Waals surface area contributed by atoms with Gasteiger partial charge in [0, 0.05) is 31.4 Å². The van der Waals surface area contributed by atoms with Gasteiger partial charge in [0.05, 0.1) is 17.8 Å². The molecule has 5 heteroatoms. The number of likely N-dealkylation sites (N-methyl/N-ethyl adjacent to an activating group) is 1. The van der Waals surface area contributed by atoms with Crippen LogP contribution in [0, 0.1) is 11.3 Å². The van der Waals surface area contributed by atoms with E-state index in [-0.39, 0.29) is 5.91 Å². The molecule has 1 amide bonds. The van der Waals surface area contributed by atoms with Gasteiger partial charge in [-0.05, 0) is 23.8 Å². The fourth-order valence-corrected chi connectivity index (χ4v) is 1.68. The first-order valence-electron chi connectivity index (χ1n) is 6.10. The molecular formula is C15H14N4O. The molecule has 0 unspecified atom stereocenters. The topological polar surface area (TPSA) is 72.8 Å². The van der Waals surface area contributed by atoms with Gasteiger partial charge in [0.15, 0.2) is 0 Å². The summed E-state index contributed by atoms with van der Waals surface area (Å²) in [5, 5.41) is 15.3. The second-order valence-electron chi connectivity index (χ2n) is 4.37. The van der Waals surface area contributed by atoms with Crippen LogP contribution in [-0.4, -0.2) is 28.1 Å². The van der Waals surface area contributed by atoms with Gasteiger partial charge in [0.25, 0.3) is 0 Å². The number of benzene rings is 1. The molecule has 0 bridgehead atoms. The highest BCUT2D eigenvalue weighted by Crippen LogP contribution is 2.06. The molecule has 2 aromatic rings. The van der Waals surface area contributed by atoms with Crippen molar-refractivity contribution < 1.29 is 4.79 Å². The van der Waals surface area contributed by atoms with Crippen molar-refractivity contribution in [3.8, 4) is 6.07 Å². The van der Waals surface area contributed by atoms with E-state index in [9.17, 15) is 4.79 Å². The third-order valence-electron chi connectivity index (χ3n) is 2.81. The quantitative estimate of drug-likeness (QED) is 0.860.